The van der Waals surface area contributed by atoms with Crippen molar-refractivity contribution in [1.29, 1.82) is 0 Å². The van der Waals surface area contributed by atoms with Crippen LogP contribution in [0.2, 0.25) is 0 Å². The molecule has 0 aliphatic carbocycles. The number of aliphatic hydroxyl groups excluding tert-OH is 5. The second-order valence-electron chi connectivity index (χ2n) is 19.4. The molecule has 0 bridgehead atoms. The molecule has 1 aliphatic heterocycles. The largest absolute Gasteiger partial charge is 0.394 e. The van der Waals surface area contributed by atoms with E-state index in [-0.39, 0.29) is 12.5 Å². The first-order chi connectivity index (χ1) is 32.3. The van der Waals surface area contributed by atoms with E-state index in [9.17, 15) is 30.3 Å². The molecule has 9 nitrogen and oxygen atoms in total. The summed E-state index contributed by atoms with van der Waals surface area (Å²) in [6, 6.07) is -0.832. The average molecular weight is 932 g/mol. The smallest absolute Gasteiger partial charge is 0.220 e. The normalized spacial score (nSPS) is 20.1. The fourth-order valence-electron chi connectivity index (χ4n) is 8.66. The maximum Gasteiger partial charge on any atom is 0.220 e. The Morgan fingerprint density at radius 2 is 0.894 bits per heavy atom. The molecule has 1 heterocycles. The fourth-order valence-corrected chi connectivity index (χ4v) is 8.66. The van der Waals surface area contributed by atoms with Crippen molar-refractivity contribution in [2.45, 2.75) is 294 Å². The molecule has 1 aliphatic rings. The topological polar surface area (TPSA) is 149 Å². The Hall–Kier alpha value is -1.85. The van der Waals surface area contributed by atoms with Crippen molar-refractivity contribution in [1.82, 2.24) is 5.32 Å². The highest BCUT2D eigenvalue weighted by molar-refractivity contribution is 5.76. The minimum atomic E-state index is -1.58. The molecule has 7 unspecified atom stereocenters. The lowest BCUT2D eigenvalue weighted by Crippen LogP contribution is -2.60. The predicted molar refractivity (Wildman–Crippen MR) is 276 cm³/mol. The Kier molecular flexibility index (Phi) is 44.1. The van der Waals surface area contributed by atoms with Gasteiger partial charge >= 0.3 is 0 Å². The maximum absolute atomic E-state index is 12.9. The lowest BCUT2D eigenvalue weighted by molar-refractivity contribution is -0.302. The number of rotatable bonds is 47. The Labute approximate surface area is 405 Å². The Balaban J connectivity index is 2.16. The summed E-state index contributed by atoms with van der Waals surface area (Å²) in [6.45, 7) is 3.69. The lowest BCUT2D eigenvalue weighted by atomic mass is 9.99. The second kappa shape index (κ2) is 46.9. The number of ether oxygens (including phenoxy) is 2. The highest BCUT2D eigenvalue weighted by Crippen LogP contribution is 2.23. The van der Waals surface area contributed by atoms with Crippen LogP contribution >= 0.6 is 0 Å². The van der Waals surface area contributed by atoms with E-state index in [1.54, 1.807) is 6.08 Å². The van der Waals surface area contributed by atoms with Crippen LogP contribution in [0.15, 0.2) is 48.6 Å². The van der Waals surface area contributed by atoms with Crippen molar-refractivity contribution in [3.8, 4) is 0 Å². The van der Waals surface area contributed by atoms with Crippen LogP contribution < -0.4 is 5.32 Å². The van der Waals surface area contributed by atoms with E-state index >= 15 is 0 Å². The zero-order chi connectivity index (χ0) is 48.0. The van der Waals surface area contributed by atoms with E-state index in [4.69, 9.17) is 9.47 Å². The van der Waals surface area contributed by atoms with E-state index in [0.29, 0.717) is 6.42 Å². The van der Waals surface area contributed by atoms with Gasteiger partial charge in [-0.2, -0.15) is 0 Å². The molecule has 7 atom stereocenters. The Morgan fingerprint density at radius 1 is 0.500 bits per heavy atom. The third kappa shape index (κ3) is 36.2. The number of nitrogens with one attached hydrogen (secondary N) is 1. The summed E-state index contributed by atoms with van der Waals surface area (Å²) in [5.41, 5.74) is 0. The first-order valence-electron chi connectivity index (χ1n) is 27.9. The lowest BCUT2D eigenvalue weighted by Gasteiger charge is -2.40. The van der Waals surface area contributed by atoms with Crippen LogP contribution in [0.3, 0.4) is 0 Å². The van der Waals surface area contributed by atoms with Crippen LogP contribution in [-0.2, 0) is 14.3 Å². The fraction of sp³-hybridized carbons (Fsp3) is 0.842. The summed E-state index contributed by atoms with van der Waals surface area (Å²) in [4.78, 5) is 12.9. The molecule has 0 radical (unpaired) electrons. The van der Waals surface area contributed by atoms with Crippen molar-refractivity contribution in [3.05, 3.63) is 48.6 Å². The maximum atomic E-state index is 12.9. The molecular formula is C57H105NO8. The van der Waals surface area contributed by atoms with Crippen molar-refractivity contribution < 1.29 is 39.8 Å². The van der Waals surface area contributed by atoms with Gasteiger partial charge in [0, 0.05) is 6.42 Å². The van der Waals surface area contributed by atoms with Crippen molar-refractivity contribution >= 4 is 5.91 Å². The standard InChI is InChI=1S/C57H105NO8/c1-3-5-7-9-11-13-15-16-17-18-19-20-21-22-23-24-25-26-27-28-29-30-31-32-33-34-35-36-37-38-40-42-44-46-51(60)50(49-65-57-56(64)55(63)54(62)52(48-59)66-57)58-53(61)47-45-43-41-39-14-12-10-8-6-4-2/h8,10,33-34,37-38,44,46,50-52,54-57,59-60,62-64H,3-7,9,11-32,35-36,39-43,45,47-49H2,1-2H3,(H,58,61)/b10-8-,34-33+,38-37+,46-44+. The van der Waals surface area contributed by atoms with Gasteiger partial charge in [0.2, 0.25) is 5.91 Å². The third-order valence-electron chi connectivity index (χ3n) is 13.1. The van der Waals surface area contributed by atoms with Crippen LogP contribution in [0.1, 0.15) is 251 Å². The van der Waals surface area contributed by atoms with Gasteiger partial charge < -0.3 is 40.3 Å². The number of allylic oxidation sites excluding steroid dienone is 7. The number of amides is 1. The zero-order valence-electron chi connectivity index (χ0n) is 42.7. The second-order valence-corrected chi connectivity index (χ2v) is 19.4. The molecule has 1 rings (SSSR count). The zero-order valence-corrected chi connectivity index (χ0v) is 42.7. The van der Waals surface area contributed by atoms with Crippen LogP contribution in [0.25, 0.3) is 0 Å². The molecular weight excluding hydrogens is 827 g/mol. The Morgan fingerprint density at radius 3 is 1.33 bits per heavy atom. The first kappa shape index (κ1) is 62.2. The van der Waals surface area contributed by atoms with Gasteiger partial charge in [0.25, 0.3) is 0 Å². The SMILES string of the molecule is CCC/C=C\CCCCCCCC(=O)NC(COC1OC(CO)C(O)C(O)C1O)C(O)/C=C/CC/C=C/CC/C=C/CCCCCCCCCCCCCCCCCCCCCCCCC. The van der Waals surface area contributed by atoms with Gasteiger partial charge in [-0.1, -0.05) is 229 Å². The molecule has 66 heavy (non-hydrogen) atoms. The monoisotopic (exact) mass is 932 g/mol. The number of hydrogen-bond acceptors (Lipinski definition) is 8. The van der Waals surface area contributed by atoms with E-state index in [1.807, 2.05) is 6.08 Å². The molecule has 1 amide bonds. The van der Waals surface area contributed by atoms with Crippen LogP contribution in [0.5, 0.6) is 0 Å². The number of hydrogen-bond donors (Lipinski definition) is 6. The van der Waals surface area contributed by atoms with Gasteiger partial charge in [-0.25, -0.2) is 0 Å². The highest BCUT2D eigenvalue weighted by atomic mass is 16.7. The number of carbonyl (C=O) groups excluding carboxylic acids is 1. The van der Waals surface area contributed by atoms with Gasteiger partial charge in [0.05, 0.1) is 25.4 Å². The summed E-state index contributed by atoms with van der Waals surface area (Å²) in [7, 11) is 0. The molecule has 9 heteroatoms. The third-order valence-corrected chi connectivity index (χ3v) is 13.1. The van der Waals surface area contributed by atoms with Gasteiger partial charge in [-0.05, 0) is 64.2 Å². The summed E-state index contributed by atoms with van der Waals surface area (Å²) in [5, 5.41) is 54.2. The summed E-state index contributed by atoms with van der Waals surface area (Å²) >= 11 is 0. The molecule has 1 saturated heterocycles. The molecule has 6 N–H and O–H groups in total. The van der Waals surface area contributed by atoms with E-state index in [0.717, 1.165) is 70.6 Å². The van der Waals surface area contributed by atoms with Crippen LogP contribution in [-0.4, -0.2) is 87.5 Å². The predicted octanol–water partition coefficient (Wildman–Crippen LogP) is 13.3. The van der Waals surface area contributed by atoms with E-state index in [1.165, 1.54) is 161 Å². The van der Waals surface area contributed by atoms with Gasteiger partial charge in [0.1, 0.15) is 24.4 Å². The highest BCUT2D eigenvalue weighted by Gasteiger charge is 2.44. The number of aliphatic hydroxyl groups is 5. The van der Waals surface area contributed by atoms with Crippen molar-refractivity contribution in [2.75, 3.05) is 13.2 Å². The van der Waals surface area contributed by atoms with E-state index < -0.39 is 49.5 Å². The minimum Gasteiger partial charge on any atom is -0.394 e. The molecule has 386 valence electrons. The van der Waals surface area contributed by atoms with Crippen molar-refractivity contribution in [3.63, 3.8) is 0 Å². The molecule has 0 aromatic rings. The summed E-state index contributed by atoms with van der Waals surface area (Å²) < 4.78 is 11.2. The quantitative estimate of drug-likeness (QED) is 0.0261. The minimum absolute atomic E-state index is 0.203. The summed E-state index contributed by atoms with van der Waals surface area (Å²) in [6.07, 6.45) is 55.0. The Bertz CT molecular complexity index is 1170. The summed E-state index contributed by atoms with van der Waals surface area (Å²) in [5.74, 6) is -0.203. The molecule has 0 spiro atoms. The van der Waals surface area contributed by atoms with E-state index in [2.05, 4.69) is 55.6 Å². The molecule has 1 fully saturated rings. The van der Waals surface area contributed by atoms with Gasteiger partial charge in [0.15, 0.2) is 6.29 Å². The average Bonchev–Trinajstić information content (AvgIpc) is 3.32. The number of unbranched alkanes of at least 4 members (excludes halogenated alkanes) is 31. The number of carbonyl (C=O) groups is 1. The van der Waals surface area contributed by atoms with Gasteiger partial charge in [-0.3, -0.25) is 4.79 Å². The molecule has 0 aromatic carbocycles. The van der Waals surface area contributed by atoms with Crippen LogP contribution in [0.4, 0.5) is 0 Å². The van der Waals surface area contributed by atoms with Gasteiger partial charge in [-0.15, -0.1) is 0 Å². The first-order valence-corrected chi connectivity index (χ1v) is 27.9. The van der Waals surface area contributed by atoms with Crippen molar-refractivity contribution in [2.24, 2.45) is 0 Å². The van der Waals surface area contributed by atoms with Crippen LogP contribution in [0, 0.1) is 0 Å². The molecule has 0 saturated carbocycles. The molecule has 0 aromatic heterocycles.